The molecule has 1 aromatic carbocycles. The summed E-state index contributed by atoms with van der Waals surface area (Å²) in [5.74, 6) is -0.321. The largest absolute Gasteiger partial charge is 0.465 e. The molecule has 1 aromatic rings. The van der Waals surface area contributed by atoms with Crippen LogP contribution in [0.5, 0.6) is 0 Å². The molecule has 0 aliphatic carbocycles. The van der Waals surface area contributed by atoms with E-state index in [9.17, 15) is 9.59 Å². The normalized spacial score (nSPS) is 17.2. The molecule has 1 atom stereocenters. The Morgan fingerprint density at radius 3 is 2.54 bits per heavy atom. The van der Waals surface area contributed by atoms with Gasteiger partial charge in [0.15, 0.2) is 0 Å². The molecule has 26 heavy (non-hydrogen) atoms. The van der Waals surface area contributed by atoms with Crippen LogP contribution in [0.2, 0.25) is 0 Å². The number of hydrogen-bond acceptors (Lipinski definition) is 5. The molecular formula is C20H30N2O4. The van der Waals surface area contributed by atoms with Gasteiger partial charge in [0, 0.05) is 19.1 Å². The fraction of sp³-hybridized carbons (Fsp3) is 0.600. The molecule has 1 amide bonds. The third kappa shape index (κ3) is 6.02. The molecule has 1 N–H and O–H groups in total. The first-order valence-corrected chi connectivity index (χ1v) is 9.18. The average molecular weight is 362 g/mol. The second kappa shape index (κ2) is 9.03. The smallest absolute Gasteiger partial charge is 0.410 e. The van der Waals surface area contributed by atoms with Gasteiger partial charge in [-0.1, -0.05) is 12.1 Å². The van der Waals surface area contributed by atoms with Gasteiger partial charge in [-0.3, -0.25) is 0 Å². The number of esters is 1. The summed E-state index contributed by atoms with van der Waals surface area (Å²) >= 11 is 0. The van der Waals surface area contributed by atoms with Crippen LogP contribution in [0.25, 0.3) is 0 Å². The third-order valence-corrected chi connectivity index (χ3v) is 4.35. The lowest BCUT2D eigenvalue weighted by molar-refractivity contribution is 0.0226. The maximum Gasteiger partial charge on any atom is 0.410 e. The van der Waals surface area contributed by atoms with E-state index in [4.69, 9.17) is 9.47 Å². The summed E-state index contributed by atoms with van der Waals surface area (Å²) in [6, 6.07) is 7.63. The summed E-state index contributed by atoms with van der Waals surface area (Å²) in [6.45, 7) is 8.01. The van der Waals surface area contributed by atoms with Crippen LogP contribution >= 0.6 is 0 Å². The molecule has 0 bridgehead atoms. The van der Waals surface area contributed by atoms with Gasteiger partial charge >= 0.3 is 12.1 Å². The van der Waals surface area contributed by atoms with Crippen molar-refractivity contribution in [3.63, 3.8) is 0 Å². The predicted octanol–water partition coefficient (Wildman–Crippen LogP) is 3.00. The van der Waals surface area contributed by atoms with Crippen molar-refractivity contribution >= 4 is 12.1 Å². The minimum atomic E-state index is -0.464. The lowest BCUT2D eigenvalue weighted by Gasteiger charge is -2.28. The van der Waals surface area contributed by atoms with Crippen molar-refractivity contribution in [3.05, 3.63) is 35.4 Å². The predicted molar refractivity (Wildman–Crippen MR) is 100 cm³/mol. The maximum absolute atomic E-state index is 12.3. The fourth-order valence-corrected chi connectivity index (χ4v) is 3.04. The van der Waals surface area contributed by atoms with E-state index in [2.05, 4.69) is 5.32 Å². The highest BCUT2D eigenvalue weighted by Crippen LogP contribution is 2.20. The molecule has 1 saturated heterocycles. The monoisotopic (exact) mass is 362 g/mol. The molecular weight excluding hydrogens is 332 g/mol. The van der Waals surface area contributed by atoms with E-state index >= 15 is 0 Å². The van der Waals surface area contributed by atoms with Gasteiger partial charge in [-0.15, -0.1) is 0 Å². The summed E-state index contributed by atoms with van der Waals surface area (Å²) in [5, 5.41) is 3.43. The molecule has 1 aliphatic heterocycles. The first-order chi connectivity index (χ1) is 12.3. The number of benzene rings is 1. The Hall–Kier alpha value is -2.08. The zero-order valence-corrected chi connectivity index (χ0v) is 16.2. The van der Waals surface area contributed by atoms with Crippen molar-refractivity contribution in [2.45, 2.75) is 51.7 Å². The van der Waals surface area contributed by atoms with E-state index in [0.717, 1.165) is 44.5 Å². The van der Waals surface area contributed by atoms with Gasteiger partial charge in [0.25, 0.3) is 0 Å². The molecule has 144 valence electrons. The van der Waals surface area contributed by atoms with Crippen LogP contribution in [0.1, 0.15) is 49.5 Å². The second-order valence-electron chi connectivity index (χ2n) is 7.61. The lowest BCUT2D eigenvalue weighted by atomic mass is 10.1. The van der Waals surface area contributed by atoms with Crippen molar-refractivity contribution in [3.8, 4) is 0 Å². The van der Waals surface area contributed by atoms with E-state index in [1.165, 1.54) is 7.11 Å². The second-order valence-corrected chi connectivity index (χ2v) is 7.61. The fourth-order valence-electron chi connectivity index (χ4n) is 3.04. The number of amides is 1. The molecule has 0 spiro atoms. The Morgan fingerprint density at radius 1 is 1.23 bits per heavy atom. The van der Waals surface area contributed by atoms with E-state index < -0.39 is 5.60 Å². The Kier molecular flexibility index (Phi) is 7.03. The van der Waals surface area contributed by atoms with Gasteiger partial charge in [0.1, 0.15) is 5.60 Å². The summed E-state index contributed by atoms with van der Waals surface area (Å²) in [5.41, 5.74) is 1.25. The van der Waals surface area contributed by atoms with Crippen molar-refractivity contribution < 1.29 is 19.1 Å². The summed E-state index contributed by atoms with van der Waals surface area (Å²) < 4.78 is 10.2. The van der Waals surface area contributed by atoms with Crippen LogP contribution in [0.3, 0.4) is 0 Å². The number of hydrogen-bond donors (Lipinski definition) is 1. The summed E-state index contributed by atoms with van der Waals surface area (Å²) in [7, 11) is 1.38. The zero-order chi connectivity index (χ0) is 19.2. The summed E-state index contributed by atoms with van der Waals surface area (Å²) in [6.07, 6.45) is 2.65. The van der Waals surface area contributed by atoms with Gasteiger partial charge in [-0.05, 0) is 64.3 Å². The molecule has 1 fully saturated rings. The van der Waals surface area contributed by atoms with Crippen molar-refractivity contribution in [1.82, 2.24) is 10.2 Å². The Bertz CT molecular complexity index is 607. The van der Waals surface area contributed by atoms with Crippen molar-refractivity contribution in [2.24, 2.45) is 0 Å². The van der Waals surface area contributed by atoms with E-state index in [0.29, 0.717) is 5.56 Å². The standard InChI is InChI=1S/C20H30N2O4/c1-20(2,3)26-19(24)22-13-5-6-17(22)14-21-12-11-15-7-9-16(10-8-15)18(23)25-4/h7-10,17,21H,5-6,11-14H2,1-4H3. The number of nitrogens with one attached hydrogen (secondary N) is 1. The first-order valence-electron chi connectivity index (χ1n) is 9.18. The average Bonchev–Trinajstić information content (AvgIpc) is 3.06. The number of rotatable bonds is 6. The highest BCUT2D eigenvalue weighted by Gasteiger charge is 2.31. The minimum Gasteiger partial charge on any atom is -0.465 e. The lowest BCUT2D eigenvalue weighted by Crippen LogP contribution is -2.44. The number of ether oxygens (including phenoxy) is 2. The molecule has 0 saturated carbocycles. The third-order valence-electron chi connectivity index (χ3n) is 4.35. The number of carbonyl (C=O) groups is 2. The van der Waals surface area contributed by atoms with Gasteiger partial charge in [0.2, 0.25) is 0 Å². The van der Waals surface area contributed by atoms with Crippen LogP contribution in [0.15, 0.2) is 24.3 Å². The molecule has 1 aliphatic rings. The Balaban J connectivity index is 1.75. The first kappa shape index (κ1) is 20.2. The van der Waals surface area contributed by atoms with Crippen molar-refractivity contribution in [2.75, 3.05) is 26.7 Å². The van der Waals surface area contributed by atoms with E-state index in [-0.39, 0.29) is 18.1 Å². The number of likely N-dealkylation sites (tertiary alicyclic amines) is 1. The van der Waals surface area contributed by atoms with Gasteiger partial charge < -0.3 is 19.7 Å². The topological polar surface area (TPSA) is 67.9 Å². The molecule has 6 nitrogen and oxygen atoms in total. The van der Waals surface area contributed by atoms with Gasteiger partial charge in [0.05, 0.1) is 12.7 Å². The highest BCUT2D eigenvalue weighted by atomic mass is 16.6. The number of carbonyl (C=O) groups excluding carboxylic acids is 2. The number of methoxy groups -OCH3 is 1. The van der Waals surface area contributed by atoms with Gasteiger partial charge in [-0.2, -0.15) is 0 Å². The molecule has 0 radical (unpaired) electrons. The summed E-state index contributed by atoms with van der Waals surface area (Å²) in [4.78, 5) is 25.5. The van der Waals surface area contributed by atoms with Crippen molar-refractivity contribution in [1.29, 1.82) is 0 Å². The molecule has 0 aromatic heterocycles. The molecule has 6 heteroatoms. The van der Waals surface area contributed by atoms with Crippen LogP contribution in [-0.2, 0) is 15.9 Å². The molecule has 1 unspecified atom stereocenters. The molecule has 1 heterocycles. The Labute approximate surface area is 155 Å². The van der Waals surface area contributed by atoms with Crippen LogP contribution in [0, 0.1) is 0 Å². The SMILES string of the molecule is COC(=O)c1ccc(CCNCC2CCCN2C(=O)OC(C)(C)C)cc1. The van der Waals surface area contributed by atoms with Crippen LogP contribution in [-0.4, -0.2) is 55.3 Å². The number of nitrogens with zero attached hydrogens (tertiary/aromatic N) is 1. The highest BCUT2D eigenvalue weighted by molar-refractivity contribution is 5.89. The minimum absolute atomic E-state index is 0.187. The zero-order valence-electron chi connectivity index (χ0n) is 16.2. The molecule has 2 rings (SSSR count). The van der Waals surface area contributed by atoms with E-state index in [1.54, 1.807) is 12.1 Å². The van der Waals surface area contributed by atoms with Crippen LogP contribution in [0.4, 0.5) is 4.79 Å². The maximum atomic E-state index is 12.3. The Morgan fingerprint density at radius 2 is 1.92 bits per heavy atom. The van der Waals surface area contributed by atoms with Crippen LogP contribution < -0.4 is 5.32 Å². The van der Waals surface area contributed by atoms with Gasteiger partial charge in [-0.25, -0.2) is 9.59 Å². The van der Waals surface area contributed by atoms with E-state index in [1.807, 2.05) is 37.8 Å². The quantitative estimate of drug-likeness (QED) is 0.622.